The molecule has 1 fully saturated rings. The van der Waals surface area contributed by atoms with Crippen molar-refractivity contribution >= 4 is 28.3 Å². The van der Waals surface area contributed by atoms with Gasteiger partial charge in [-0.05, 0) is 30.3 Å². The summed E-state index contributed by atoms with van der Waals surface area (Å²) in [7, 11) is 0. The lowest BCUT2D eigenvalue weighted by atomic mass is 9.96. The van der Waals surface area contributed by atoms with E-state index in [2.05, 4.69) is 16.2 Å². The average molecular weight is 254 g/mol. The fourth-order valence-electron chi connectivity index (χ4n) is 2.32. The second kappa shape index (κ2) is 4.91. The smallest absolute Gasteiger partial charge is 0.255 e. The minimum Gasteiger partial charge on any atom is -0.382 e. The molecule has 0 radical (unpaired) electrons. The van der Waals surface area contributed by atoms with Crippen LogP contribution in [0.5, 0.6) is 0 Å². The van der Waals surface area contributed by atoms with Crippen molar-refractivity contribution in [1.29, 1.82) is 0 Å². The number of nitrogens with two attached hydrogens (primary N) is 2. The number of carbonyl (C=O) groups is 1. The first kappa shape index (κ1) is 12.2. The molecule has 1 amide bonds. The van der Waals surface area contributed by atoms with Crippen molar-refractivity contribution < 1.29 is 4.79 Å². The van der Waals surface area contributed by atoms with Crippen LogP contribution >= 0.6 is 11.5 Å². The standard InChI is InChI=1S/C11H18N4OS/c1-2-7-4-3-5-15(6-7)11-8(10(13)16)9(12)14-17-11/h7H,2-6H2,1H3,(H2,12,14)(H2,13,16). The second-order valence-electron chi connectivity index (χ2n) is 4.47. The molecule has 4 N–H and O–H groups in total. The normalized spacial score (nSPS) is 20.5. The zero-order valence-electron chi connectivity index (χ0n) is 9.98. The topological polar surface area (TPSA) is 85.2 Å². The minimum absolute atomic E-state index is 0.260. The molecule has 0 spiro atoms. The number of anilines is 2. The summed E-state index contributed by atoms with van der Waals surface area (Å²) in [6.07, 6.45) is 3.57. The average Bonchev–Trinajstić information content (AvgIpc) is 2.71. The van der Waals surface area contributed by atoms with Crippen LogP contribution in [0.1, 0.15) is 36.5 Å². The van der Waals surface area contributed by atoms with Crippen LogP contribution in [-0.2, 0) is 0 Å². The van der Waals surface area contributed by atoms with Gasteiger partial charge in [0.1, 0.15) is 10.6 Å². The van der Waals surface area contributed by atoms with Crippen LogP contribution in [0.15, 0.2) is 0 Å². The van der Waals surface area contributed by atoms with Gasteiger partial charge in [0.05, 0.1) is 0 Å². The molecule has 1 aliphatic heterocycles. The number of hydrogen-bond acceptors (Lipinski definition) is 5. The van der Waals surface area contributed by atoms with Crippen LogP contribution in [-0.4, -0.2) is 23.4 Å². The third-order valence-corrected chi connectivity index (χ3v) is 4.25. The molecule has 5 nitrogen and oxygen atoms in total. The van der Waals surface area contributed by atoms with Crippen LogP contribution in [0.25, 0.3) is 0 Å². The van der Waals surface area contributed by atoms with E-state index >= 15 is 0 Å². The van der Waals surface area contributed by atoms with Crippen LogP contribution in [0.3, 0.4) is 0 Å². The number of piperidine rings is 1. The molecule has 1 aromatic heterocycles. The predicted molar refractivity (Wildman–Crippen MR) is 70.3 cm³/mol. The highest BCUT2D eigenvalue weighted by Gasteiger charge is 2.25. The third-order valence-electron chi connectivity index (χ3n) is 3.33. The molecule has 0 aromatic carbocycles. The molecule has 2 rings (SSSR count). The zero-order chi connectivity index (χ0) is 12.4. The molecule has 2 heterocycles. The van der Waals surface area contributed by atoms with E-state index < -0.39 is 5.91 Å². The summed E-state index contributed by atoms with van der Waals surface area (Å²) in [4.78, 5) is 13.6. The van der Waals surface area contributed by atoms with Gasteiger partial charge in [0, 0.05) is 13.1 Å². The van der Waals surface area contributed by atoms with Gasteiger partial charge in [-0.1, -0.05) is 13.3 Å². The summed E-state index contributed by atoms with van der Waals surface area (Å²) < 4.78 is 4.04. The maximum absolute atomic E-state index is 11.4. The highest BCUT2D eigenvalue weighted by atomic mass is 32.1. The van der Waals surface area contributed by atoms with Crippen molar-refractivity contribution in [3.8, 4) is 0 Å². The molecule has 1 saturated heterocycles. The number of aromatic nitrogens is 1. The van der Waals surface area contributed by atoms with Crippen LogP contribution < -0.4 is 16.4 Å². The van der Waals surface area contributed by atoms with E-state index in [1.807, 2.05) is 0 Å². The van der Waals surface area contributed by atoms with E-state index in [1.54, 1.807) is 0 Å². The largest absolute Gasteiger partial charge is 0.382 e. The molecule has 0 bridgehead atoms. The Morgan fingerprint density at radius 1 is 1.65 bits per heavy atom. The second-order valence-corrected chi connectivity index (χ2v) is 5.23. The highest BCUT2D eigenvalue weighted by molar-refractivity contribution is 7.11. The number of amides is 1. The quantitative estimate of drug-likeness (QED) is 0.855. The van der Waals surface area contributed by atoms with E-state index in [9.17, 15) is 4.79 Å². The van der Waals surface area contributed by atoms with Crippen LogP contribution in [0.4, 0.5) is 10.8 Å². The lowest BCUT2D eigenvalue weighted by molar-refractivity contribution is 0.100. The van der Waals surface area contributed by atoms with E-state index in [-0.39, 0.29) is 5.82 Å². The Morgan fingerprint density at radius 2 is 2.41 bits per heavy atom. The molecule has 6 heteroatoms. The Morgan fingerprint density at radius 3 is 3.06 bits per heavy atom. The molecule has 1 aromatic rings. The molecular weight excluding hydrogens is 236 g/mol. The van der Waals surface area contributed by atoms with Crippen LogP contribution in [0.2, 0.25) is 0 Å². The lowest BCUT2D eigenvalue weighted by Gasteiger charge is -2.33. The summed E-state index contributed by atoms with van der Waals surface area (Å²) >= 11 is 1.27. The van der Waals surface area contributed by atoms with Gasteiger partial charge in [0.15, 0.2) is 5.82 Å². The Balaban J connectivity index is 2.24. The van der Waals surface area contributed by atoms with Crippen LogP contribution in [0, 0.1) is 5.92 Å². The van der Waals surface area contributed by atoms with E-state index in [0.29, 0.717) is 11.5 Å². The third kappa shape index (κ3) is 2.36. The highest BCUT2D eigenvalue weighted by Crippen LogP contribution is 2.33. The van der Waals surface area contributed by atoms with Gasteiger partial charge in [0.25, 0.3) is 5.91 Å². The van der Waals surface area contributed by atoms with Gasteiger partial charge in [-0.25, -0.2) is 0 Å². The number of carbonyl (C=O) groups excluding carboxylic acids is 1. The number of nitrogens with zero attached hydrogens (tertiary/aromatic N) is 2. The number of primary amides is 1. The molecule has 17 heavy (non-hydrogen) atoms. The Kier molecular flexibility index (Phi) is 3.51. The molecule has 0 saturated carbocycles. The molecular formula is C11H18N4OS. The zero-order valence-corrected chi connectivity index (χ0v) is 10.8. The first-order chi connectivity index (χ1) is 8.13. The van der Waals surface area contributed by atoms with Crippen molar-refractivity contribution in [1.82, 2.24) is 4.37 Å². The Hall–Kier alpha value is -1.30. The monoisotopic (exact) mass is 254 g/mol. The Bertz CT molecular complexity index is 418. The molecule has 1 atom stereocenters. The summed E-state index contributed by atoms with van der Waals surface area (Å²) in [6.45, 7) is 4.13. The maximum atomic E-state index is 11.4. The van der Waals surface area contributed by atoms with E-state index in [0.717, 1.165) is 30.9 Å². The van der Waals surface area contributed by atoms with Gasteiger partial charge in [-0.3, -0.25) is 4.79 Å². The molecule has 1 aliphatic rings. The first-order valence-electron chi connectivity index (χ1n) is 5.93. The fourth-order valence-corrected chi connectivity index (χ4v) is 3.18. The van der Waals surface area contributed by atoms with Crippen molar-refractivity contribution in [3.05, 3.63) is 5.56 Å². The van der Waals surface area contributed by atoms with Gasteiger partial charge in [-0.2, -0.15) is 4.37 Å². The number of rotatable bonds is 3. The predicted octanol–water partition coefficient (Wildman–Crippen LogP) is 1.45. The number of nitrogen functional groups attached to an aromatic ring is 1. The maximum Gasteiger partial charge on any atom is 0.255 e. The van der Waals surface area contributed by atoms with Crippen molar-refractivity contribution in [2.45, 2.75) is 26.2 Å². The SMILES string of the molecule is CCC1CCCN(c2snc(N)c2C(N)=O)C1. The van der Waals surface area contributed by atoms with Crippen molar-refractivity contribution in [3.63, 3.8) is 0 Å². The molecule has 0 aliphatic carbocycles. The lowest BCUT2D eigenvalue weighted by Crippen LogP contribution is -2.35. The molecule has 1 unspecified atom stereocenters. The van der Waals surface area contributed by atoms with Crippen molar-refractivity contribution in [2.75, 3.05) is 23.7 Å². The van der Waals surface area contributed by atoms with Gasteiger partial charge >= 0.3 is 0 Å². The fraction of sp³-hybridized carbons (Fsp3) is 0.636. The minimum atomic E-state index is -0.482. The van der Waals surface area contributed by atoms with Crippen molar-refractivity contribution in [2.24, 2.45) is 11.7 Å². The first-order valence-corrected chi connectivity index (χ1v) is 6.70. The summed E-state index contributed by atoms with van der Waals surface area (Å²) in [5, 5.41) is 0.841. The van der Waals surface area contributed by atoms with E-state index in [4.69, 9.17) is 11.5 Å². The number of hydrogen-bond donors (Lipinski definition) is 2. The van der Waals surface area contributed by atoms with Gasteiger partial charge < -0.3 is 16.4 Å². The summed E-state index contributed by atoms with van der Waals surface area (Å²) in [6, 6.07) is 0. The van der Waals surface area contributed by atoms with Gasteiger partial charge in [0.2, 0.25) is 0 Å². The van der Waals surface area contributed by atoms with E-state index in [1.165, 1.54) is 18.0 Å². The summed E-state index contributed by atoms with van der Waals surface area (Å²) in [5.41, 5.74) is 11.4. The molecule has 94 valence electrons. The Labute approximate surface area is 105 Å². The summed E-state index contributed by atoms with van der Waals surface area (Å²) in [5.74, 6) is 0.466. The van der Waals surface area contributed by atoms with Gasteiger partial charge in [-0.15, -0.1) is 0 Å².